The zero-order valence-corrected chi connectivity index (χ0v) is 22.5. The number of nitrogens with zero attached hydrogens (tertiary/aromatic N) is 6. The van der Waals surface area contributed by atoms with Gasteiger partial charge in [-0.05, 0) is 37.3 Å². The largest absolute Gasteiger partial charge is 0.381 e. The summed E-state index contributed by atoms with van der Waals surface area (Å²) >= 11 is 0. The highest BCUT2D eigenvalue weighted by Crippen LogP contribution is 2.22. The molecule has 1 aliphatic rings. The van der Waals surface area contributed by atoms with Crippen LogP contribution in [0.25, 0.3) is 22.2 Å². The molecule has 3 aromatic heterocycles. The van der Waals surface area contributed by atoms with Crippen molar-refractivity contribution >= 4 is 28.3 Å². The lowest BCUT2D eigenvalue weighted by Crippen LogP contribution is -2.43. The van der Waals surface area contributed by atoms with Gasteiger partial charge in [0.25, 0.3) is 11.5 Å². The van der Waals surface area contributed by atoms with Gasteiger partial charge in [0.1, 0.15) is 11.4 Å². The summed E-state index contributed by atoms with van der Waals surface area (Å²) in [6.07, 6.45) is 3.24. The van der Waals surface area contributed by atoms with Crippen LogP contribution in [0.5, 0.6) is 0 Å². The van der Waals surface area contributed by atoms with Gasteiger partial charge in [0.15, 0.2) is 11.5 Å². The highest BCUT2D eigenvalue weighted by Gasteiger charge is 2.24. The topological polar surface area (TPSA) is 135 Å². The van der Waals surface area contributed by atoms with Gasteiger partial charge in [-0.3, -0.25) is 19.1 Å². The van der Waals surface area contributed by atoms with Crippen molar-refractivity contribution in [2.75, 3.05) is 38.5 Å². The smallest absolute Gasteiger partial charge is 0.267 e. The normalized spacial score (nSPS) is 14.5. The number of hydrogen-bond acceptors (Lipinski definition) is 8. The maximum absolute atomic E-state index is 14.2. The molecule has 0 radical (unpaired) electrons. The summed E-state index contributed by atoms with van der Waals surface area (Å²) in [4.78, 5) is 39.0. The average Bonchev–Trinajstić information content (AvgIpc) is 3.33. The van der Waals surface area contributed by atoms with Crippen LogP contribution >= 0.6 is 0 Å². The fourth-order valence-electron chi connectivity index (χ4n) is 5.04. The van der Waals surface area contributed by atoms with Crippen LogP contribution in [0.3, 0.4) is 0 Å². The van der Waals surface area contributed by atoms with Gasteiger partial charge < -0.3 is 16.4 Å². The number of anilines is 1. The molecule has 0 spiro atoms. The molecule has 11 heteroatoms. The minimum Gasteiger partial charge on any atom is -0.381 e. The fraction of sp³-hybridized carbons (Fsp3) is 0.233. The Hall–Kier alpha value is -5.05. The molecular formula is C30H29N9O2. The fourth-order valence-corrected chi connectivity index (χ4v) is 5.04. The molecule has 1 amide bonds. The van der Waals surface area contributed by atoms with Crippen molar-refractivity contribution < 1.29 is 4.79 Å². The molecule has 0 bridgehead atoms. The molecule has 4 N–H and O–H groups in total. The van der Waals surface area contributed by atoms with Gasteiger partial charge in [-0.2, -0.15) is 0 Å². The van der Waals surface area contributed by atoms with E-state index < -0.39 is 11.9 Å². The Bertz CT molecular complexity index is 1860. The quantitative estimate of drug-likeness (QED) is 0.283. The molecule has 1 aliphatic heterocycles. The van der Waals surface area contributed by atoms with Gasteiger partial charge in [0.2, 0.25) is 0 Å². The third-order valence-electron chi connectivity index (χ3n) is 7.06. The zero-order valence-electron chi connectivity index (χ0n) is 22.5. The van der Waals surface area contributed by atoms with Crippen LogP contribution < -0.4 is 21.9 Å². The number of hydrogen-bond donors (Lipinski definition) is 3. The molecule has 0 aliphatic carbocycles. The lowest BCUT2D eigenvalue weighted by molar-refractivity contribution is 0.0940. The minimum atomic E-state index is -0.666. The third-order valence-corrected chi connectivity index (χ3v) is 7.06. The molecule has 1 atom stereocenters. The summed E-state index contributed by atoms with van der Waals surface area (Å²) in [7, 11) is 0. The van der Waals surface area contributed by atoms with Crippen molar-refractivity contribution in [2.45, 2.75) is 13.0 Å². The van der Waals surface area contributed by atoms with E-state index in [4.69, 9.17) is 10.7 Å². The van der Waals surface area contributed by atoms with Gasteiger partial charge in [0, 0.05) is 44.1 Å². The van der Waals surface area contributed by atoms with Gasteiger partial charge >= 0.3 is 0 Å². The van der Waals surface area contributed by atoms with Crippen LogP contribution in [0.1, 0.15) is 34.7 Å². The number of fused-ring (bicyclic) bond motifs is 2. The Kier molecular flexibility index (Phi) is 7.16. The predicted octanol–water partition coefficient (Wildman–Crippen LogP) is 1.76. The number of carbonyl (C=O) groups is 1. The van der Waals surface area contributed by atoms with Crippen LogP contribution in [0.2, 0.25) is 0 Å². The van der Waals surface area contributed by atoms with Gasteiger partial charge in [0.05, 0.1) is 29.2 Å². The third kappa shape index (κ3) is 5.14. The van der Waals surface area contributed by atoms with E-state index in [1.807, 2.05) is 42.5 Å². The summed E-state index contributed by atoms with van der Waals surface area (Å²) in [5.41, 5.74) is 8.06. The second-order valence-corrected chi connectivity index (χ2v) is 9.82. The summed E-state index contributed by atoms with van der Waals surface area (Å²) < 4.78 is 2.99. The van der Waals surface area contributed by atoms with Gasteiger partial charge in [-0.15, -0.1) is 5.10 Å². The maximum Gasteiger partial charge on any atom is 0.267 e. The van der Waals surface area contributed by atoms with E-state index >= 15 is 0 Å². The van der Waals surface area contributed by atoms with Crippen LogP contribution in [-0.4, -0.2) is 67.7 Å². The number of rotatable bonds is 5. The molecule has 2 aromatic carbocycles. The Labute approximate surface area is 236 Å². The molecular weight excluding hydrogens is 518 g/mol. The summed E-state index contributed by atoms with van der Waals surface area (Å²) in [6.45, 7) is 6.17. The van der Waals surface area contributed by atoms with E-state index in [-0.39, 0.29) is 16.9 Å². The molecule has 41 heavy (non-hydrogen) atoms. The van der Waals surface area contributed by atoms with Crippen molar-refractivity contribution in [3.8, 4) is 17.5 Å². The second-order valence-electron chi connectivity index (χ2n) is 9.82. The number of para-hydroxylation sites is 1. The first-order valence-electron chi connectivity index (χ1n) is 13.4. The highest BCUT2D eigenvalue weighted by atomic mass is 16.2. The zero-order chi connectivity index (χ0) is 28.3. The van der Waals surface area contributed by atoms with Gasteiger partial charge in [-0.25, -0.2) is 14.5 Å². The van der Waals surface area contributed by atoms with E-state index in [1.54, 1.807) is 31.5 Å². The van der Waals surface area contributed by atoms with E-state index in [0.717, 1.165) is 26.2 Å². The lowest BCUT2D eigenvalue weighted by Gasteiger charge is -2.24. The van der Waals surface area contributed by atoms with E-state index in [1.165, 1.54) is 9.08 Å². The molecule has 1 saturated heterocycles. The number of nitrogens with two attached hydrogens (primary N) is 1. The Morgan fingerprint density at radius 2 is 1.93 bits per heavy atom. The molecule has 5 aromatic rings. The number of aromatic nitrogens is 5. The van der Waals surface area contributed by atoms with Crippen molar-refractivity contribution in [3.05, 3.63) is 94.3 Å². The standard InChI is InChI=1S/C30H29N9O2/c1-20(34-29(40)25-26(31)36-38-17-7-13-33-28(25)38)27-35-23-12-5-8-21(9-6-16-37-18-14-32-15-19-37)24(23)30(41)39(27)22-10-3-2-4-11-22/h2-5,7-8,10-13,17,20,32H,14-16,18-19H2,1H3,(H2,31,36)(H,34,40)/t20-/m0/s1. The molecule has 206 valence electrons. The van der Waals surface area contributed by atoms with Crippen molar-refractivity contribution in [1.82, 2.24) is 39.7 Å². The molecule has 0 saturated carbocycles. The Morgan fingerprint density at radius 3 is 2.73 bits per heavy atom. The van der Waals surface area contributed by atoms with Crippen molar-refractivity contribution in [2.24, 2.45) is 0 Å². The molecule has 0 unspecified atom stereocenters. The van der Waals surface area contributed by atoms with Crippen LogP contribution in [0, 0.1) is 11.8 Å². The molecule has 1 fully saturated rings. The first-order chi connectivity index (χ1) is 20.0. The average molecular weight is 548 g/mol. The predicted molar refractivity (Wildman–Crippen MR) is 157 cm³/mol. The highest BCUT2D eigenvalue weighted by molar-refractivity contribution is 6.04. The monoisotopic (exact) mass is 547 g/mol. The van der Waals surface area contributed by atoms with Gasteiger partial charge in [-0.1, -0.05) is 36.1 Å². The lowest BCUT2D eigenvalue weighted by atomic mass is 10.1. The maximum atomic E-state index is 14.2. The molecule has 6 rings (SSSR count). The number of nitrogen functional groups attached to an aromatic ring is 1. The van der Waals surface area contributed by atoms with E-state index in [9.17, 15) is 9.59 Å². The molecule has 11 nitrogen and oxygen atoms in total. The van der Waals surface area contributed by atoms with Crippen LogP contribution in [0.4, 0.5) is 5.82 Å². The summed E-state index contributed by atoms with van der Waals surface area (Å²) in [6, 6.07) is 15.8. The second kappa shape index (κ2) is 11.2. The number of carbonyl (C=O) groups excluding carboxylic acids is 1. The molecule has 4 heterocycles. The number of nitrogens with one attached hydrogen (secondary N) is 2. The van der Waals surface area contributed by atoms with Crippen molar-refractivity contribution in [3.63, 3.8) is 0 Å². The summed E-state index contributed by atoms with van der Waals surface area (Å²) in [5.74, 6) is 6.41. The van der Waals surface area contributed by atoms with Crippen molar-refractivity contribution in [1.29, 1.82) is 0 Å². The minimum absolute atomic E-state index is 0.0596. The SMILES string of the molecule is C[C@H](NC(=O)c1c(N)nn2cccnc12)c1nc2cccc(C#CCN3CCNCC3)c2c(=O)n1-c1ccccc1. The first kappa shape index (κ1) is 26.2. The number of benzene rings is 2. The summed E-state index contributed by atoms with van der Waals surface area (Å²) in [5, 5.41) is 10.9. The Morgan fingerprint density at radius 1 is 1.12 bits per heavy atom. The van der Waals surface area contributed by atoms with E-state index in [2.05, 4.69) is 37.5 Å². The Balaban J connectivity index is 1.41. The number of amides is 1. The van der Waals surface area contributed by atoms with E-state index in [0.29, 0.717) is 40.2 Å². The first-order valence-corrected chi connectivity index (χ1v) is 13.4. The number of piperazine rings is 1. The van der Waals surface area contributed by atoms with Crippen LogP contribution in [-0.2, 0) is 0 Å². The van der Waals surface area contributed by atoms with Crippen LogP contribution in [0.15, 0.2) is 71.8 Å².